The monoisotopic (exact) mass is 419 g/mol. The number of hydrogen-bond donors (Lipinski definition) is 1. The van der Waals surface area contributed by atoms with E-state index in [-0.39, 0.29) is 18.2 Å². The Morgan fingerprint density at radius 1 is 1.10 bits per heavy atom. The van der Waals surface area contributed by atoms with E-state index in [1.807, 2.05) is 44.2 Å². The summed E-state index contributed by atoms with van der Waals surface area (Å²) in [6, 6.07) is 12.0. The number of aromatic nitrogens is 4. The van der Waals surface area contributed by atoms with Crippen molar-refractivity contribution in [2.75, 3.05) is 13.7 Å². The summed E-state index contributed by atoms with van der Waals surface area (Å²) in [6.45, 7) is 3.92. The molecule has 2 heterocycles. The molecule has 158 valence electrons. The van der Waals surface area contributed by atoms with Crippen LogP contribution in [0.1, 0.15) is 35.5 Å². The van der Waals surface area contributed by atoms with Crippen molar-refractivity contribution in [1.29, 1.82) is 0 Å². The summed E-state index contributed by atoms with van der Waals surface area (Å²) in [5, 5.41) is 13.6. The zero-order valence-electron chi connectivity index (χ0n) is 16.6. The van der Waals surface area contributed by atoms with Crippen molar-refractivity contribution in [2.45, 2.75) is 25.4 Å². The van der Waals surface area contributed by atoms with Crippen LogP contribution in [0.4, 0.5) is 13.2 Å². The minimum Gasteiger partial charge on any atom is -0.480 e. The minimum absolute atomic E-state index is 0.139. The lowest BCUT2D eigenvalue weighted by molar-refractivity contribution is -0.143. The summed E-state index contributed by atoms with van der Waals surface area (Å²) >= 11 is 0. The van der Waals surface area contributed by atoms with E-state index in [2.05, 4.69) is 20.6 Å². The van der Waals surface area contributed by atoms with E-state index in [9.17, 15) is 18.0 Å². The van der Waals surface area contributed by atoms with E-state index >= 15 is 0 Å². The molecule has 7 nitrogen and oxygen atoms in total. The molecular weight excluding hydrogens is 399 g/mol. The number of carbonyl (C=O) groups is 1. The second kappa shape index (κ2) is 8.13. The van der Waals surface area contributed by atoms with Crippen molar-refractivity contribution < 1.29 is 22.7 Å². The first-order valence-corrected chi connectivity index (χ1v) is 9.00. The van der Waals surface area contributed by atoms with Gasteiger partial charge in [0.15, 0.2) is 11.5 Å². The Morgan fingerprint density at radius 2 is 1.80 bits per heavy atom. The van der Waals surface area contributed by atoms with Crippen molar-refractivity contribution >= 4 is 5.91 Å². The van der Waals surface area contributed by atoms with Crippen LogP contribution < -0.4 is 10.1 Å². The quantitative estimate of drug-likeness (QED) is 0.662. The number of hydrogen-bond acceptors (Lipinski definition) is 5. The molecule has 3 rings (SSSR count). The lowest BCUT2D eigenvalue weighted by atomic mass is 9.84. The average Bonchev–Trinajstić information content (AvgIpc) is 3.19. The number of amides is 1. The van der Waals surface area contributed by atoms with Gasteiger partial charge < -0.3 is 10.1 Å². The highest BCUT2D eigenvalue weighted by atomic mass is 19.4. The van der Waals surface area contributed by atoms with Gasteiger partial charge in [-0.2, -0.15) is 18.3 Å². The molecule has 0 aliphatic heterocycles. The third-order valence-corrected chi connectivity index (χ3v) is 4.58. The molecule has 1 aromatic carbocycles. The summed E-state index contributed by atoms with van der Waals surface area (Å²) < 4.78 is 46.7. The van der Waals surface area contributed by atoms with Crippen molar-refractivity contribution in [2.24, 2.45) is 0 Å². The predicted molar refractivity (Wildman–Crippen MR) is 103 cm³/mol. The third-order valence-electron chi connectivity index (χ3n) is 4.58. The maximum Gasteiger partial charge on any atom is 0.434 e. The SMILES string of the molecule is COc1ccc(-n2ncc(C(=O)NCC(C)(C)c3ccccc3)c2C(F)(F)F)nn1. The minimum atomic E-state index is -4.83. The first kappa shape index (κ1) is 21.3. The number of nitrogens with one attached hydrogen (secondary N) is 1. The summed E-state index contributed by atoms with van der Waals surface area (Å²) in [5.74, 6) is -0.925. The highest BCUT2D eigenvalue weighted by Gasteiger charge is 2.41. The van der Waals surface area contributed by atoms with E-state index in [1.54, 1.807) is 0 Å². The Bertz CT molecular complexity index is 1020. The average molecular weight is 419 g/mol. The molecule has 3 aromatic rings. The number of benzene rings is 1. The van der Waals surface area contributed by atoms with Gasteiger partial charge in [-0.25, -0.2) is 4.68 Å². The van der Waals surface area contributed by atoms with E-state index in [4.69, 9.17) is 4.74 Å². The molecule has 0 saturated heterocycles. The second-order valence-corrected chi connectivity index (χ2v) is 7.18. The zero-order chi connectivity index (χ0) is 21.9. The van der Waals surface area contributed by atoms with Crippen molar-refractivity contribution in [3.05, 3.63) is 65.5 Å². The number of alkyl halides is 3. The summed E-state index contributed by atoms with van der Waals surface area (Å²) in [4.78, 5) is 12.6. The van der Waals surface area contributed by atoms with Gasteiger partial charge in [0.2, 0.25) is 5.88 Å². The van der Waals surface area contributed by atoms with Gasteiger partial charge in [0.05, 0.1) is 18.9 Å². The lowest BCUT2D eigenvalue weighted by Gasteiger charge is -2.25. The molecule has 0 aliphatic carbocycles. The van der Waals surface area contributed by atoms with E-state index in [1.165, 1.54) is 19.2 Å². The maximum atomic E-state index is 13.8. The number of nitrogens with zero attached hydrogens (tertiary/aromatic N) is 4. The molecular formula is C20H20F3N5O2. The van der Waals surface area contributed by atoms with E-state index < -0.39 is 28.8 Å². The van der Waals surface area contributed by atoms with Crippen molar-refractivity contribution in [3.8, 4) is 11.7 Å². The van der Waals surface area contributed by atoms with Crippen LogP contribution in [0.15, 0.2) is 48.7 Å². The fraction of sp³-hybridized carbons (Fsp3) is 0.300. The highest BCUT2D eigenvalue weighted by molar-refractivity contribution is 5.95. The smallest absolute Gasteiger partial charge is 0.434 e. The van der Waals surface area contributed by atoms with Gasteiger partial charge in [-0.3, -0.25) is 4.79 Å². The number of ether oxygens (including phenoxy) is 1. The van der Waals surface area contributed by atoms with Crippen LogP contribution in [0.3, 0.4) is 0 Å². The van der Waals surface area contributed by atoms with Gasteiger partial charge in [-0.05, 0) is 11.6 Å². The second-order valence-electron chi connectivity index (χ2n) is 7.18. The Morgan fingerprint density at radius 3 is 2.37 bits per heavy atom. The largest absolute Gasteiger partial charge is 0.480 e. The Kier molecular flexibility index (Phi) is 5.77. The maximum absolute atomic E-state index is 13.8. The van der Waals surface area contributed by atoms with Gasteiger partial charge in [0, 0.05) is 18.0 Å². The number of halogens is 3. The van der Waals surface area contributed by atoms with E-state index in [0.29, 0.717) is 4.68 Å². The van der Waals surface area contributed by atoms with Gasteiger partial charge in [0.25, 0.3) is 5.91 Å². The Labute approximate surface area is 170 Å². The first-order valence-electron chi connectivity index (χ1n) is 9.00. The van der Waals surface area contributed by atoms with E-state index in [0.717, 1.165) is 11.8 Å². The third kappa shape index (κ3) is 4.42. The Hall–Kier alpha value is -3.43. The van der Waals surface area contributed by atoms with Crippen molar-refractivity contribution in [3.63, 3.8) is 0 Å². The van der Waals surface area contributed by atoms with Crippen LogP contribution in [0, 0.1) is 0 Å². The molecule has 10 heteroatoms. The highest BCUT2D eigenvalue weighted by Crippen LogP contribution is 2.33. The molecule has 0 atom stereocenters. The molecule has 0 unspecified atom stereocenters. The molecule has 1 N–H and O–H groups in total. The van der Waals surface area contributed by atoms with Crippen LogP contribution >= 0.6 is 0 Å². The van der Waals surface area contributed by atoms with Crippen LogP contribution in [-0.2, 0) is 11.6 Å². The molecule has 0 saturated carbocycles. The molecule has 30 heavy (non-hydrogen) atoms. The van der Waals surface area contributed by atoms with Crippen LogP contribution in [0.2, 0.25) is 0 Å². The number of rotatable bonds is 6. The van der Waals surface area contributed by atoms with Crippen LogP contribution in [0.25, 0.3) is 5.82 Å². The topological polar surface area (TPSA) is 81.9 Å². The summed E-state index contributed by atoms with van der Waals surface area (Å²) in [5.41, 5.74) is -1.35. The standard InChI is InChI=1S/C20H20F3N5O2/c1-19(2,13-7-5-4-6-8-13)12-24-18(29)14-11-25-28(17(14)20(21,22)23)15-9-10-16(30-3)27-26-15/h4-11H,12H2,1-3H3,(H,24,29). The molecule has 0 fully saturated rings. The summed E-state index contributed by atoms with van der Waals surface area (Å²) in [6.07, 6.45) is -3.96. The van der Waals surface area contributed by atoms with Crippen LogP contribution in [0.5, 0.6) is 5.88 Å². The first-order chi connectivity index (χ1) is 14.1. The fourth-order valence-electron chi connectivity index (χ4n) is 2.88. The molecule has 1 amide bonds. The molecule has 0 bridgehead atoms. The van der Waals surface area contributed by atoms with Gasteiger partial charge >= 0.3 is 6.18 Å². The molecule has 0 spiro atoms. The molecule has 0 aliphatic rings. The van der Waals surface area contributed by atoms with Crippen molar-refractivity contribution in [1.82, 2.24) is 25.3 Å². The zero-order valence-corrected chi connectivity index (χ0v) is 16.6. The number of methoxy groups -OCH3 is 1. The lowest BCUT2D eigenvalue weighted by Crippen LogP contribution is -2.37. The molecule has 2 aromatic heterocycles. The van der Waals surface area contributed by atoms with Gasteiger partial charge in [-0.15, -0.1) is 10.2 Å². The Balaban J connectivity index is 1.88. The normalized spacial score (nSPS) is 11.9. The van der Waals surface area contributed by atoms with Gasteiger partial charge in [-0.1, -0.05) is 44.2 Å². The predicted octanol–water partition coefficient (Wildman–Crippen LogP) is 3.40. The fourth-order valence-corrected chi connectivity index (χ4v) is 2.88. The molecule has 0 radical (unpaired) electrons. The number of carbonyl (C=O) groups excluding carboxylic acids is 1. The van der Waals surface area contributed by atoms with Crippen LogP contribution in [-0.4, -0.2) is 39.5 Å². The van der Waals surface area contributed by atoms with Gasteiger partial charge in [0.1, 0.15) is 0 Å². The summed E-state index contributed by atoms with van der Waals surface area (Å²) in [7, 11) is 1.36.